The first-order valence-electron chi connectivity index (χ1n) is 9.78. The van der Waals surface area contributed by atoms with E-state index in [1.54, 1.807) is 13.2 Å². The van der Waals surface area contributed by atoms with Crippen molar-refractivity contribution in [3.05, 3.63) is 71.3 Å². The van der Waals surface area contributed by atoms with Crippen molar-refractivity contribution in [2.75, 3.05) is 13.7 Å². The van der Waals surface area contributed by atoms with Gasteiger partial charge in [-0.25, -0.2) is 4.79 Å². The summed E-state index contributed by atoms with van der Waals surface area (Å²) in [6.45, 7) is -0.255. The van der Waals surface area contributed by atoms with Gasteiger partial charge in [0.05, 0.1) is 7.11 Å². The van der Waals surface area contributed by atoms with Gasteiger partial charge in [0.15, 0.2) is 12.4 Å². The van der Waals surface area contributed by atoms with Crippen LogP contribution in [0.15, 0.2) is 54.6 Å². The minimum absolute atomic E-state index is 0.193. The third-order valence-corrected chi connectivity index (χ3v) is 5.18. The van der Waals surface area contributed by atoms with Gasteiger partial charge in [-0.2, -0.15) is 0 Å². The van der Waals surface area contributed by atoms with Crippen molar-refractivity contribution in [2.24, 2.45) is 0 Å². The SMILES string of the molecule is COc1ccc(C=CC(=O)OCC(=O)c2ccc(C3CCCCC3)cc2)cc1. The number of esters is 1. The predicted octanol–water partition coefficient (Wildman–Crippen LogP) is 5.18. The van der Waals surface area contributed by atoms with Crippen molar-refractivity contribution in [3.8, 4) is 5.75 Å². The van der Waals surface area contributed by atoms with Gasteiger partial charge in [-0.1, -0.05) is 55.7 Å². The summed E-state index contributed by atoms with van der Waals surface area (Å²) in [4.78, 5) is 24.1. The maximum absolute atomic E-state index is 12.3. The molecule has 0 aliphatic heterocycles. The molecule has 0 amide bonds. The van der Waals surface area contributed by atoms with E-state index in [9.17, 15) is 9.59 Å². The number of carbonyl (C=O) groups is 2. The number of hydrogen-bond donors (Lipinski definition) is 0. The zero-order valence-electron chi connectivity index (χ0n) is 16.2. The molecule has 1 aliphatic carbocycles. The van der Waals surface area contributed by atoms with Crippen LogP contribution < -0.4 is 4.74 Å². The number of Topliss-reactive ketones (excluding diaryl/α,β-unsaturated/α-hetero) is 1. The smallest absolute Gasteiger partial charge is 0.331 e. The second kappa shape index (κ2) is 9.88. The highest BCUT2D eigenvalue weighted by molar-refractivity contribution is 5.98. The van der Waals surface area contributed by atoms with E-state index in [4.69, 9.17) is 9.47 Å². The molecule has 2 aromatic rings. The lowest BCUT2D eigenvalue weighted by molar-refractivity contribution is -0.136. The fraction of sp³-hybridized carbons (Fsp3) is 0.333. The Kier molecular flexibility index (Phi) is 7.01. The van der Waals surface area contributed by atoms with Gasteiger partial charge < -0.3 is 9.47 Å². The monoisotopic (exact) mass is 378 g/mol. The second-order valence-electron chi connectivity index (χ2n) is 7.09. The molecule has 1 saturated carbocycles. The molecule has 2 aromatic carbocycles. The summed E-state index contributed by atoms with van der Waals surface area (Å²) in [5, 5.41) is 0. The van der Waals surface area contributed by atoms with Gasteiger partial charge in [0, 0.05) is 11.6 Å². The van der Waals surface area contributed by atoms with E-state index in [0.717, 1.165) is 11.3 Å². The van der Waals surface area contributed by atoms with E-state index in [1.165, 1.54) is 43.7 Å². The van der Waals surface area contributed by atoms with Gasteiger partial charge in [-0.3, -0.25) is 4.79 Å². The minimum Gasteiger partial charge on any atom is -0.497 e. The molecule has 4 nitrogen and oxygen atoms in total. The summed E-state index contributed by atoms with van der Waals surface area (Å²) in [6, 6.07) is 15.0. The molecule has 1 aliphatic rings. The summed E-state index contributed by atoms with van der Waals surface area (Å²) in [7, 11) is 1.60. The summed E-state index contributed by atoms with van der Waals surface area (Å²) in [5.41, 5.74) is 2.73. The molecule has 0 unspecified atom stereocenters. The van der Waals surface area contributed by atoms with Gasteiger partial charge in [-0.05, 0) is 48.1 Å². The normalized spacial score (nSPS) is 14.8. The Labute approximate surface area is 166 Å². The topological polar surface area (TPSA) is 52.6 Å². The molecule has 0 heterocycles. The lowest BCUT2D eigenvalue weighted by Crippen LogP contribution is -2.13. The van der Waals surface area contributed by atoms with Crippen molar-refractivity contribution in [1.29, 1.82) is 0 Å². The molecule has 0 atom stereocenters. The number of hydrogen-bond acceptors (Lipinski definition) is 4. The summed E-state index contributed by atoms with van der Waals surface area (Å²) >= 11 is 0. The van der Waals surface area contributed by atoms with Crippen molar-refractivity contribution < 1.29 is 19.1 Å². The Morgan fingerprint density at radius 1 is 0.964 bits per heavy atom. The number of ketones is 1. The minimum atomic E-state index is -0.539. The summed E-state index contributed by atoms with van der Waals surface area (Å²) < 4.78 is 10.2. The molecule has 1 fully saturated rings. The van der Waals surface area contributed by atoms with Crippen LogP contribution in [0.2, 0.25) is 0 Å². The molecule has 0 bridgehead atoms. The van der Waals surface area contributed by atoms with Crippen LogP contribution in [0.25, 0.3) is 6.08 Å². The number of methoxy groups -OCH3 is 1. The van der Waals surface area contributed by atoms with Gasteiger partial charge >= 0.3 is 5.97 Å². The Bertz CT molecular complexity index is 813. The fourth-order valence-electron chi connectivity index (χ4n) is 3.52. The van der Waals surface area contributed by atoms with Crippen LogP contribution in [-0.2, 0) is 9.53 Å². The predicted molar refractivity (Wildman–Crippen MR) is 110 cm³/mol. The Morgan fingerprint density at radius 3 is 2.29 bits per heavy atom. The van der Waals surface area contributed by atoms with Gasteiger partial charge in [0.25, 0.3) is 0 Å². The average Bonchev–Trinajstić information content (AvgIpc) is 2.77. The maximum Gasteiger partial charge on any atom is 0.331 e. The molecular formula is C24H26O4. The average molecular weight is 378 g/mol. The van der Waals surface area contributed by atoms with Gasteiger partial charge in [0.1, 0.15) is 5.75 Å². The standard InChI is InChI=1S/C24H26O4/c1-27-22-14-7-18(8-15-22)9-16-24(26)28-17-23(25)21-12-10-20(11-13-21)19-5-3-2-4-6-19/h7-16,19H,2-6,17H2,1H3. The summed E-state index contributed by atoms with van der Waals surface area (Å²) in [5.74, 6) is 0.628. The van der Waals surface area contributed by atoms with E-state index in [1.807, 2.05) is 48.5 Å². The molecular weight excluding hydrogens is 352 g/mol. The number of rotatable bonds is 7. The van der Waals surface area contributed by atoms with Crippen molar-refractivity contribution >= 4 is 17.8 Å². The zero-order valence-corrected chi connectivity index (χ0v) is 16.2. The molecule has 0 spiro atoms. The maximum atomic E-state index is 12.3. The summed E-state index contributed by atoms with van der Waals surface area (Å²) in [6.07, 6.45) is 9.31. The second-order valence-corrected chi connectivity index (χ2v) is 7.09. The van der Waals surface area contributed by atoms with E-state index >= 15 is 0 Å². The van der Waals surface area contributed by atoms with Crippen molar-refractivity contribution in [1.82, 2.24) is 0 Å². The third kappa shape index (κ3) is 5.56. The van der Waals surface area contributed by atoms with E-state index in [-0.39, 0.29) is 12.4 Å². The Hall–Kier alpha value is -2.88. The Balaban J connectivity index is 1.48. The zero-order chi connectivity index (χ0) is 19.8. The number of benzene rings is 2. The van der Waals surface area contributed by atoms with E-state index in [0.29, 0.717) is 11.5 Å². The highest BCUT2D eigenvalue weighted by atomic mass is 16.5. The molecule has 28 heavy (non-hydrogen) atoms. The highest BCUT2D eigenvalue weighted by Gasteiger charge is 2.16. The number of carbonyl (C=O) groups excluding carboxylic acids is 2. The van der Waals surface area contributed by atoms with Crippen LogP contribution >= 0.6 is 0 Å². The van der Waals surface area contributed by atoms with Crippen molar-refractivity contribution in [2.45, 2.75) is 38.0 Å². The highest BCUT2D eigenvalue weighted by Crippen LogP contribution is 2.32. The lowest BCUT2D eigenvalue weighted by atomic mass is 9.84. The van der Waals surface area contributed by atoms with Gasteiger partial charge in [0.2, 0.25) is 0 Å². The van der Waals surface area contributed by atoms with Crippen LogP contribution in [0.1, 0.15) is 59.5 Å². The molecule has 146 valence electrons. The van der Waals surface area contributed by atoms with Crippen LogP contribution in [0.5, 0.6) is 5.75 Å². The first kappa shape index (κ1) is 19.9. The van der Waals surface area contributed by atoms with Crippen LogP contribution in [-0.4, -0.2) is 25.5 Å². The first-order valence-corrected chi connectivity index (χ1v) is 9.78. The van der Waals surface area contributed by atoms with Crippen LogP contribution in [0.4, 0.5) is 0 Å². The largest absolute Gasteiger partial charge is 0.497 e. The molecule has 3 rings (SSSR count). The molecule has 0 N–H and O–H groups in total. The quantitative estimate of drug-likeness (QED) is 0.378. The third-order valence-electron chi connectivity index (χ3n) is 5.18. The Morgan fingerprint density at radius 2 is 1.64 bits per heavy atom. The first-order chi connectivity index (χ1) is 13.7. The molecule has 0 aromatic heterocycles. The van der Waals surface area contributed by atoms with Gasteiger partial charge in [-0.15, -0.1) is 0 Å². The number of ether oxygens (including phenoxy) is 2. The fourth-order valence-corrected chi connectivity index (χ4v) is 3.52. The molecule has 4 heteroatoms. The van der Waals surface area contributed by atoms with E-state index in [2.05, 4.69) is 0 Å². The lowest BCUT2D eigenvalue weighted by Gasteiger charge is -2.22. The molecule has 0 radical (unpaired) electrons. The van der Waals surface area contributed by atoms with Crippen LogP contribution in [0, 0.1) is 0 Å². The van der Waals surface area contributed by atoms with E-state index < -0.39 is 5.97 Å². The van der Waals surface area contributed by atoms with Crippen molar-refractivity contribution in [3.63, 3.8) is 0 Å². The van der Waals surface area contributed by atoms with Crippen LogP contribution in [0.3, 0.4) is 0 Å². The molecule has 0 saturated heterocycles.